The van der Waals surface area contributed by atoms with E-state index in [1.807, 2.05) is 38.4 Å². The summed E-state index contributed by atoms with van der Waals surface area (Å²) in [6.07, 6.45) is 0. The van der Waals surface area contributed by atoms with Crippen LogP contribution in [0.3, 0.4) is 0 Å². The average Bonchev–Trinajstić information content (AvgIpc) is 2.44. The quantitative estimate of drug-likeness (QED) is 0.922. The van der Waals surface area contributed by atoms with E-state index >= 15 is 0 Å². The first-order valence-electron chi connectivity index (χ1n) is 6.52. The van der Waals surface area contributed by atoms with E-state index < -0.39 is 0 Å². The highest BCUT2D eigenvalue weighted by Crippen LogP contribution is 2.24. The number of aromatic nitrogens is 2. The number of anilines is 1. The molecule has 0 saturated carbocycles. The zero-order chi connectivity index (χ0) is 14.8. The minimum Gasteiger partial charge on any atom is -0.380 e. The summed E-state index contributed by atoms with van der Waals surface area (Å²) in [7, 11) is 4.07. The molecule has 2 aromatic rings. The van der Waals surface area contributed by atoms with Crippen molar-refractivity contribution in [2.75, 3.05) is 26.0 Å². The Morgan fingerprint density at radius 2 is 1.95 bits per heavy atom. The van der Waals surface area contributed by atoms with Crippen molar-refractivity contribution >= 4 is 16.6 Å². The monoisotopic (exact) mass is 269 g/mol. The predicted octanol–water partition coefficient (Wildman–Crippen LogP) is 2.25. The lowest BCUT2D eigenvalue weighted by molar-refractivity contribution is 0.210. The molecule has 0 aliphatic rings. The Bertz CT molecular complexity index is 655. The Morgan fingerprint density at radius 3 is 2.60 bits per heavy atom. The molecule has 1 heterocycles. The Labute approximate surface area is 119 Å². The van der Waals surface area contributed by atoms with Crippen molar-refractivity contribution < 1.29 is 0 Å². The topological polar surface area (TPSA) is 64.8 Å². The number of nitriles is 1. The zero-order valence-corrected chi connectivity index (χ0v) is 12.3. The van der Waals surface area contributed by atoms with Gasteiger partial charge in [0.1, 0.15) is 6.07 Å². The molecule has 0 aliphatic heterocycles. The minimum atomic E-state index is -0.0307. The van der Waals surface area contributed by atoms with Gasteiger partial charge in [-0.2, -0.15) is 5.26 Å². The fourth-order valence-electron chi connectivity index (χ4n) is 1.77. The summed E-state index contributed by atoms with van der Waals surface area (Å²) in [6, 6.07) is 9.80. The van der Waals surface area contributed by atoms with Gasteiger partial charge >= 0.3 is 0 Å². The summed E-state index contributed by atoms with van der Waals surface area (Å²) in [4.78, 5) is 2.14. The molecule has 0 atom stereocenters. The highest BCUT2D eigenvalue weighted by atomic mass is 15.2. The molecule has 0 fully saturated rings. The van der Waals surface area contributed by atoms with Crippen LogP contribution in [-0.4, -0.2) is 41.3 Å². The molecule has 0 bridgehead atoms. The van der Waals surface area contributed by atoms with E-state index in [1.165, 1.54) is 0 Å². The van der Waals surface area contributed by atoms with Crippen LogP contribution in [0.4, 0.5) is 5.69 Å². The normalized spacial score (nSPS) is 11.6. The van der Waals surface area contributed by atoms with Gasteiger partial charge in [-0.1, -0.05) is 18.2 Å². The number of benzene rings is 1. The second-order valence-corrected chi connectivity index (χ2v) is 5.61. The van der Waals surface area contributed by atoms with E-state index in [1.54, 1.807) is 0 Å². The number of likely N-dealkylation sites (N-methyl/N-ethyl adjacent to an activating group) is 1. The van der Waals surface area contributed by atoms with Crippen molar-refractivity contribution in [1.82, 2.24) is 15.1 Å². The van der Waals surface area contributed by atoms with Crippen LogP contribution in [0.15, 0.2) is 24.3 Å². The molecule has 2 rings (SSSR count). The van der Waals surface area contributed by atoms with E-state index in [0.29, 0.717) is 12.2 Å². The van der Waals surface area contributed by atoms with Crippen molar-refractivity contribution in [3.8, 4) is 6.07 Å². The van der Waals surface area contributed by atoms with Gasteiger partial charge in [-0.05, 0) is 34.0 Å². The standard InChI is InChI=1S/C15H19N5/c1-15(2,20(3)4)10-17-14-11-7-5-6-8-12(11)18-19-13(14)9-16/h5-8H,10H2,1-4H3,(H,17,18). The van der Waals surface area contributed by atoms with E-state index in [4.69, 9.17) is 0 Å². The molecule has 0 unspecified atom stereocenters. The third-order valence-electron chi connectivity index (χ3n) is 3.68. The van der Waals surface area contributed by atoms with Gasteiger partial charge in [-0.3, -0.25) is 0 Å². The van der Waals surface area contributed by atoms with E-state index in [2.05, 4.69) is 40.3 Å². The Hall–Kier alpha value is -2.19. The SMILES string of the molecule is CN(C)C(C)(C)CNc1c(C#N)nnc2ccccc12. The lowest BCUT2D eigenvalue weighted by Crippen LogP contribution is -2.44. The van der Waals surface area contributed by atoms with Gasteiger partial charge in [0.2, 0.25) is 0 Å². The molecule has 104 valence electrons. The molecule has 0 saturated heterocycles. The van der Waals surface area contributed by atoms with Crippen LogP contribution < -0.4 is 5.32 Å². The summed E-state index contributed by atoms with van der Waals surface area (Å²) in [5, 5.41) is 21.6. The molecule has 0 spiro atoms. The van der Waals surface area contributed by atoms with Crippen LogP contribution in [0.5, 0.6) is 0 Å². The molecule has 5 nitrogen and oxygen atoms in total. The maximum Gasteiger partial charge on any atom is 0.186 e. The Kier molecular flexibility index (Phi) is 3.86. The lowest BCUT2D eigenvalue weighted by atomic mass is 10.0. The van der Waals surface area contributed by atoms with Crippen molar-refractivity contribution in [3.05, 3.63) is 30.0 Å². The molecule has 20 heavy (non-hydrogen) atoms. The van der Waals surface area contributed by atoms with Gasteiger partial charge < -0.3 is 10.2 Å². The molecule has 0 amide bonds. The number of fused-ring (bicyclic) bond motifs is 1. The van der Waals surface area contributed by atoms with Crippen LogP contribution in [0.2, 0.25) is 0 Å². The fourth-order valence-corrected chi connectivity index (χ4v) is 1.77. The summed E-state index contributed by atoms with van der Waals surface area (Å²) >= 11 is 0. The van der Waals surface area contributed by atoms with Gasteiger partial charge in [0, 0.05) is 17.5 Å². The van der Waals surface area contributed by atoms with Crippen LogP contribution in [-0.2, 0) is 0 Å². The van der Waals surface area contributed by atoms with E-state index in [-0.39, 0.29) is 5.54 Å². The van der Waals surface area contributed by atoms with E-state index in [9.17, 15) is 5.26 Å². The fraction of sp³-hybridized carbons (Fsp3) is 0.400. The maximum absolute atomic E-state index is 9.21. The number of hydrogen-bond acceptors (Lipinski definition) is 5. The lowest BCUT2D eigenvalue weighted by Gasteiger charge is -2.33. The highest BCUT2D eigenvalue weighted by Gasteiger charge is 2.21. The number of nitrogens with one attached hydrogen (secondary N) is 1. The van der Waals surface area contributed by atoms with Crippen molar-refractivity contribution in [2.45, 2.75) is 19.4 Å². The zero-order valence-electron chi connectivity index (χ0n) is 12.3. The van der Waals surface area contributed by atoms with Gasteiger partial charge in [0.15, 0.2) is 5.69 Å². The first kappa shape index (κ1) is 14.2. The van der Waals surface area contributed by atoms with Crippen molar-refractivity contribution in [2.24, 2.45) is 0 Å². The van der Waals surface area contributed by atoms with Crippen molar-refractivity contribution in [3.63, 3.8) is 0 Å². The molecule has 5 heteroatoms. The van der Waals surface area contributed by atoms with Gasteiger partial charge in [-0.25, -0.2) is 0 Å². The molecular weight excluding hydrogens is 250 g/mol. The summed E-state index contributed by atoms with van der Waals surface area (Å²) < 4.78 is 0. The molecule has 1 aromatic heterocycles. The summed E-state index contributed by atoms with van der Waals surface area (Å²) in [6.45, 7) is 5.00. The average molecular weight is 269 g/mol. The molecule has 0 radical (unpaired) electrons. The van der Waals surface area contributed by atoms with Crippen LogP contribution in [0, 0.1) is 11.3 Å². The number of hydrogen-bond donors (Lipinski definition) is 1. The molecular formula is C15H19N5. The first-order chi connectivity index (χ1) is 9.45. The number of nitrogens with zero attached hydrogens (tertiary/aromatic N) is 4. The number of rotatable bonds is 4. The summed E-state index contributed by atoms with van der Waals surface area (Å²) in [5.74, 6) is 0. The van der Waals surface area contributed by atoms with E-state index in [0.717, 1.165) is 16.6 Å². The summed E-state index contributed by atoms with van der Waals surface area (Å²) in [5.41, 5.74) is 1.85. The second-order valence-electron chi connectivity index (χ2n) is 5.61. The molecule has 1 aromatic carbocycles. The highest BCUT2D eigenvalue weighted by molar-refractivity contribution is 5.92. The molecule has 1 N–H and O–H groups in total. The Morgan fingerprint density at radius 1 is 1.25 bits per heavy atom. The molecule has 0 aliphatic carbocycles. The largest absolute Gasteiger partial charge is 0.380 e. The van der Waals surface area contributed by atoms with Crippen LogP contribution >= 0.6 is 0 Å². The predicted molar refractivity (Wildman–Crippen MR) is 80.5 cm³/mol. The smallest absolute Gasteiger partial charge is 0.186 e. The van der Waals surface area contributed by atoms with Gasteiger partial charge in [0.25, 0.3) is 0 Å². The third-order valence-corrected chi connectivity index (χ3v) is 3.68. The van der Waals surface area contributed by atoms with Crippen molar-refractivity contribution in [1.29, 1.82) is 5.26 Å². The van der Waals surface area contributed by atoms with Crippen LogP contribution in [0.25, 0.3) is 10.9 Å². The van der Waals surface area contributed by atoms with Gasteiger partial charge in [-0.15, -0.1) is 10.2 Å². The second kappa shape index (κ2) is 5.43. The Balaban J connectivity index is 2.40. The van der Waals surface area contributed by atoms with Gasteiger partial charge in [0.05, 0.1) is 11.2 Å². The van der Waals surface area contributed by atoms with Crippen LogP contribution in [0.1, 0.15) is 19.5 Å². The minimum absolute atomic E-state index is 0.0307. The maximum atomic E-state index is 9.21. The third kappa shape index (κ3) is 2.70. The first-order valence-corrected chi connectivity index (χ1v) is 6.52.